The Hall–Kier alpha value is -1.60. The SMILES string of the molecule is CC1(C)SC[C@@H](C(=O)NC2CCN(Cc3ccccn3)CC2)NC1=O. The number of likely N-dealkylation sites (tertiary alicyclic amines) is 1. The van der Waals surface area contributed by atoms with Crippen molar-refractivity contribution in [3.05, 3.63) is 30.1 Å². The Balaban J connectivity index is 1.43. The summed E-state index contributed by atoms with van der Waals surface area (Å²) in [4.78, 5) is 31.2. The lowest BCUT2D eigenvalue weighted by molar-refractivity contribution is -0.130. The van der Waals surface area contributed by atoms with Crippen molar-refractivity contribution < 1.29 is 9.59 Å². The van der Waals surface area contributed by atoms with Gasteiger partial charge in [-0.15, -0.1) is 11.8 Å². The first-order valence-corrected chi connectivity index (χ1v) is 9.80. The Kier molecular flexibility index (Phi) is 5.64. The smallest absolute Gasteiger partial charge is 0.243 e. The summed E-state index contributed by atoms with van der Waals surface area (Å²) in [6.45, 7) is 6.52. The van der Waals surface area contributed by atoms with E-state index in [1.165, 1.54) is 0 Å². The highest BCUT2D eigenvalue weighted by molar-refractivity contribution is 8.01. The van der Waals surface area contributed by atoms with Gasteiger partial charge in [0.1, 0.15) is 6.04 Å². The minimum absolute atomic E-state index is 0.0560. The number of amides is 2. The van der Waals surface area contributed by atoms with E-state index in [1.807, 2.05) is 38.2 Å². The molecule has 0 aromatic carbocycles. The van der Waals surface area contributed by atoms with Gasteiger partial charge in [0.25, 0.3) is 0 Å². The summed E-state index contributed by atoms with van der Waals surface area (Å²) in [7, 11) is 0. The molecule has 2 aliphatic heterocycles. The first kappa shape index (κ1) is 18.2. The topological polar surface area (TPSA) is 74.3 Å². The molecule has 2 amide bonds. The number of nitrogens with zero attached hydrogens (tertiary/aromatic N) is 2. The minimum atomic E-state index is -0.451. The number of carbonyl (C=O) groups is 2. The second-order valence-electron chi connectivity index (χ2n) is 7.23. The van der Waals surface area contributed by atoms with Gasteiger partial charge in [-0.05, 0) is 38.8 Å². The predicted molar refractivity (Wildman–Crippen MR) is 99.1 cm³/mol. The van der Waals surface area contributed by atoms with Gasteiger partial charge in [-0.1, -0.05) is 6.07 Å². The van der Waals surface area contributed by atoms with Crippen molar-refractivity contribution in [2.24, 2.45) is 0 Å². The van der Waals surface area contributed by atoms with Gasteiger partial charge in [-0.3, -0.25) is 19.5 Å². The van der Waals surface area contributed by atoms with Gasteiger partial charge >= 0.3 is 0 Å². The fraction of sp³-hybridized carbons (Fsp3) is 0.611. The molecule has 0 radical (unpaired) electrons. The van der Waals surface area contributed by atoms with E-state index in [-0.39, 0.29) is 17.9 Å². The Morgan fingerprint density at radius 2 is 2.16 bits per heavy atom. The van der Waals surface area contributed by atoms with Crippen LogP contribution in [0, 0.1) is 0 Å². The van der Waals surface area contributed by atoms with Crippen LogP contribution in [0.3, 0.4) is 0 Å². The lowest BCUT2D eigenvalue weighted by Crippen LogP contribution is -2.58. The monoisotopic (exact) mass is 362 g/mol. The molecule has 2 N–H and O–H groups in total. The molecular weight excluding hydrogens is 336 g/mol. The molecule has 25 heavy (non-hydrogen) atoms. The summed E-state index contributed by atoms with van der Waals surface area (Å²) in [5, 5.41) is 5.96. The number of pyridine rings is 1. The maximum absolute atomic E-state index is 12.4. The van der Waals surface area contributed by atoms with Gasteiger partial charge in [0.2, 0.25) is 11.8 Å². The summed E-state index contributed by atoms with van der Waals surface area (Å²) in [6, 6.07) is 5.74. The summed E-state index contributed by atoms with van der Waals surface area (Å²) in [5.41, 5.74) is 1.08. The molecule has 1 atom stereocenters. The Morgan fingerprint density at radius 1 is 1.40 bits per heavy atom. The zero-order valence-corrected chi connectivity index (χ0v) is 15.6. The van der Waals surface area contributed by atoms with Crippen LogP contribution in [0.25, 0.3) is 0 Å². The van der Waals surface area contributed by atoms with E-state index >= 15 is 0 Å². The summed E-state index contributed by atoms with van der Waals surface area (Å²) < 4.78 is -0.451. The van der Waals surface area contributed by atoms with Gasteiger partial charge in [0.05, 0.1) is 10.4 Å². The molecule has 136 valence electrons. The number of rotatable bonds is 4. The van der Waals surface area contributed by atoms with Gasteiger partial charge in [-0.2, -0.15) is 0 Å². The van der Waals surface area contributed by atoms with Crippen LogP contribution in [0.1, 0.15) is 32.4 Å². The first-order chi connectivity index (χ1) is 11.9. The highest BCUT2D eigenvalue weighted by Gasteiger charge is 2.38. The molecule has 0 spiro atoms. The van der Waals surface area contributed by atoms with Gasteiger partial charge in [-0.25, -0.2) is 0 Å². The molecule has 0 unspecified atom stereocenters. The highest BCUT2D eigenvalue weighted by Crippen LogP contribution is 2.29. The van der Waals surface area contributed by atoms with Gasteiger partial charge in [0, 0.05) is 37.6 Å². The molecule has 1 aromatic rings. The van der Waals surface area contributed by atoms with E-state index in [0.717, 1.165) is 38.2 Å². The molecule has 7 heteroatoms. The zero-order chi connectivity index (χ0) is 17.9. The Bertz CT molecular complexity index is 615. The first-order valence-electron chi connectivity index (χ1n) is 8.81. The van der Waals surface area contributed by atoms with Crippen LogP contribution >= 0.6 is 11.8 Å². The van der Waals surface area contributed by atoms with Crippen LogP contribution < -0.4 is 10.6 Å². The molecule has 0 bridgehead atoms. The van der Waals surface area contributed by atoms with Crippen molar-refractivity contribution in [3.63, 3.8) is 0 Å². The van der Waals surface area contributed by atoms with Crippen molar-refractivity contribution in [2.45, 2.75) is 50.1 Å². The molecule has 1 aromatic heterocycles. The summed E-state index contributed by atoms with van der Waals surface area (Å²) >= 11 is 1.54. The highest BCUT2D eigenvalue weighted by atomic mass is 32.2. The molecule has 6 nitrogen and oxygen atoms in total. The lowest BCUT2D eigenvalue weighted by atomic mass is 10.0. The van der Waals surface area contributed by atoms with Crippen LogP contribution in [0.15, 0.2) is 24.4 Å². The van der Waals surface area contributed by atoms with E-state index in [4.69, 9.17) is 0 Å². The van der Waals surface area contributed by atoms with Crippen LogP contribution in [-0.2, 0) is 16.1 Å². The lowest BCUT2D eigenvalue weighted by Gasteiger charge is -2.35. The van der Waals surface area contributed by atoms with E-state index in [1.54, 1.807) is 11.8 Å². The number of nitrogens with one attached hydrogen (secondary N) is 2. The quantitative estimate of drug-likeness (QED) is 0.841. The van der Waals surface area contributed by atoms with Crippen molar-refractivity contribution in [3.8, 4) is 0 Å². The van der Waals surface area contributed by atoms with Gasteiger partial charge < -0.3 is 10.6 Å². The van der Waals surface area contributed by atoms with Crippen LogP contribution in [-0.4, -0.2) is 57.4 Å². The van der Waals surface area contributed by atoms with Crippen molar-refractivity contribution in [1.82, 2.24) is 20.5 Å². The van der Waals surface area contributed by atoms with Crippen molar-refractivity contribution >= 4 is 23.6 Å². The van der Waals surface area contributed by atoms with Gasteiger partial charge in [0.15, 0.2) is 0 Å². The number of hydrogen-bond acceptors (Lipinski definition) is 5. The molecule has 3 heterocycles. The van der Waals surface area contributed by atoms with E-state index in [2.05, 4.69) is 20.5 Å². The average molecular weight is 362 g/mol. The van der Waals surface area contributed by atoms with Crippen LogP contribution in [0.5, 0.6) is 0 Å². The summed E-state index contributed by atoms with van der Waals surface area (Å²) in [6.07, 6.45) is 3.68. The average Bonchev–Trinajstić information content (AvgIpc) is 2.60. The van der Waals surface area contributed by atoms with Crippen molar-refractivity contribution in [2.75, 3.05) is 18.8 Å². The second kappa shape index (κ2) is 7.74. The molecule has 3 rings (SSSR count). The number of hydrogen-bond donors (Lipinski definition) is 2. The van der Waals surface area contributed by atoms with E-state index < -0.39 is 10.8 Å². The fourth-order valence-corrected chi connectivity index (χ4v) is 4.14. The molecular formula is C18H26N4O2S. The zero-order valence-electron chi connectivity index (χ0n) is 14.8. The third kappa shape index (κ3) is 4.73. The molecule has 2 aliphatic rings. The molecule has 2 saturated heterocycles. The standard InChI is InChI=1S/C18H26N4O2S/c1-18(2)17(24)21-15(12-25-18)16(23)20-13-6-9-22(10-7-13)11-14-5-3-4-8-19-14/h3-5,8,13,15H,6-7,9-12H2,1-2H3,(H,20,23)(H,21,24)/t15-/m0/s1. The number of thioether (sulfide) groups is 1. The van der Waals surface area contributed by atoms with Crippen LogP contribution in [0.4, 0.5) is 0 Å². The molecule has 0 saturated carbocycles. The fourth-order valence-electron chi connectivity index (χ4n) is 3.13. The van der Waals surface area contributed by atoms with Crippen LogP contribution in [0.2, 0.25) is 0 Å². The van der Waals surface area contributed by atoms with E-state index in [0.29, 0.717) is 5.75 Å². The normalized spacial score (nSPS) is 24.6. The number of carbonyl (C=O) groups excluding carboxylic acids is 2. The Morgan fingerprint density at radius 3 is 2.80 bits per heavy atom. The second-order valence-corrected chi connectivity index (χ2v) is 8.87. The predicted octanol–water partition coefficient (Wildman–Crippen LogP) is 1.17. The molecule has 2 fully saturated rings. The maximum Gasteiger partial charge on any atom is 0.243 e. The molecule has 0 aliphatic carbocycles. The number of aromatic nitrogens is 1. The number of piperidine rings is 1. The van der Waals surface area contributed by atoms with E-state index in [9.17, 15) is 9.59 Å². The maximum atomic E-state index is 12.4. The summed E-state index contributed by atoms with van der Waals surface area (Å²) in [5.74, 6) is 0.511. The van der Waals surface area contributed by atoms with Crippen molar-refractivity contribution in [1.29, 1.82) is 0 Å². The third-order valence-corrected chi connectivity index (χ3v) is 6.23. The Labute approximate surface area is 153 Å². The minimum Gasteiger partial charge on any atom is -0.351 e. The third-order valence-electron chi connectivity index (χ3n) is 4.83. The largest absolute Gasteiger partial charge is 0.351 e.